The van der Waals surface area contributed by atoms with Gasteiger partial charge in [-0.15, -0.1) is 11.6 Å². The monoisotopic (exact) mass is 152 g/mol. The summed E-state index contributed by atoms with van der Waals surface area (Å²) in [6.45, 7) is 3.20. The molecule has 0 amide bonds. The molecule has 0 rings (SSSR count). The first kappa shape index (κ1) is 9.21. The van der Waals surface area contributed by atoms with E-state index in [-0.39, 0.29) is 6.10 Å². The van der Waals surface area contributed by atoms with E-state index in [4.69, 9.17) is 21.1 Å². The highest BCUT2D eigenvalue weighted by Crippen LogP contribution is 1.92. The second-order valence-corrected chi connectivity index (χ2v) is 2.14. The van der Waals surface area contributed by atoms with Crippen LogP contribution in [0.1, 0.15) is 6.92 Å². The van der Waals surface area contributed by atoms with Gasteiger partial charge in [0.05, 0.1) is 19.3 Å². The van der Waals surface area contributed by atoms with E-state index in [1.807, 2.05) is 6.92 Å². The van der Waals surface area contributed by atoms with Crippen molar-refractivity contribution in [3.05, 3.63) is 0 Å². The molecule has 0 saturated carbocycles. The first-order valence-corrected chi connectivity index (χ1v) is 3.51. The lowest BCUT2D eigenvalue weighted by molar-refractivity contribution is 0.0367. The van der Waals surface area contributed by atoms with E-state index in [1.54, 1.807) is 7.11 Å². The first-order valence-electron chi connectivity index (χ1n) is 2.97. The van der Waals surface area contributed by atoms with Crippen molar-refractivity contribution in [1.82, 2.24) is 0 Å². The summed E-state index contributed by atoms with van der Waals surface area (Å²) >= 11 is 5.47. The van der Waals surface area contributed by atoms with E-state index in [2.05, 4.69) is 0 Å². The lowest BCUT2D eigenvalue weighted by atomic mass is 10.5. The van der Waals surface area contributed by atoms with Crippen LogP contribution in [0.25, 0.3) is 0 Å². The van der Waals surface area contributed by atoms with Crippen molar-refractivity contribution in [3.63, 3.8) is 0 Å². The molecule has 0 bridgehead atoms. The van der Waals surface area contributed by atoms with Gasteiger partial charge in [0.1, 0.15) is 0 Å². The smallest absolute Gasteiger partial charge is 0.0704 e. The summed E-state index contributed by atoms with van der Waals surface area (Å²) in [6.07, 6.45) is 0.141. The zero-order valence-electron chi connectivity index (χ0n) is 5.89. The molecule has 2 nitrogen and oxygen atoms in total. The highest BCUT2D eigenvalue weighted by atomic mass is 35.5. The van der Waals surface area contributed by atoms with E-state index in [0.717, 1.165) is 0 Å². The predicted molar refractivity (Wildman–Crippen MR) is 38.0 cm³/mol. The van der Waals surface area contributed by atoms with Crippen LogP contribution in [0.15, 0.2) is 0 Å². The van der Waals surface area contributed by atoms with Gasteiger partial charge in [0.15, 0.2) is 0 Å². The predicted octanol–water partition coefficient (Wildman–Crippen LogP) is 1.28. The Kier molecular flexibility index (Phi) is 6.48. The minimum absolute atomic E-state index is 0.141. The van der Waals surface area contributed by atoms with Crippen LogP contribution in [0.5, 0.6) is 0 Å². The molecule has 1 unspecified atom stereocenters. The molecule has 0 aromatic heterocycles. The van der Waals surface area contributed by atoms with Crippen LogP contribution in [0.2, 0.25) is 0 Å². The van der Waals surface area contributed by atoms with Gasteiger partial charge in [-0.05, 0) is 6.92 Å². The molecule has 9 heavy (non-hydrogen) atoms. The molecule has 0 aliphatic rings. The third kappa shape index (κ3) is 6.09. The summed E-state index contributed by atoms with van der Waals surface area (Å²) in [5.41, 5.74) is 0. The normalized spacial score (nSPS) is 13.7. The van der Waals surface area contributed by atoms with Crippen molar-refractivity contribution in [1.29, 1.82) is 0 Å². The Bertz CT molecular complexity index is 59.0. The second kappa shape index (κ2) is 6.33. The largest absolute Gasteiger partial charge is 0.382 e. The highest BCUT2D eigenvalue weighted by Gasteiger charge is 1.96. The molecule has 0 heterocycles. The summed E-state index contributed by atoms with van der Waals surface area (Å²) in [5, 5.41) is 0. The van der Waals surface area contributed by atoms with Gasteiger partial charge in [-0.1, -0.05) is 0 Å². The summed E-state index contributed by atoms with van der Waals surface area (Å²) in [6, 6.07) is 0. The summed E-state index contributed by atoms with van der Waals surface area (Å²) in [4.78, 5) is 0. The minimum Gasteiger partial charge on any atom is -0.382 e. The zero-order valence-corrected chi connectivity index (χ0v) is 6.65. The summed E-state index contributed by atoms with van der Waals surface area (Å²) in [5.74, 6) is 0.545. The van der Waals surface area contributed by atoms with Crippen LogP contribution in [-0.2, 0) is 9.47 Å². The van der Waals surface area contributed by atoms with Crippen molar-refractivity contribution in [2.45, 2.75) is 13.0 Å². The van der Waals surface area contributed by atoms with Crippen LogP contribution >= 0.6 is 11.6 Å². The maximum Gasteiger partial charge on any atom is 0.0704 e. The van der Waals surface area contributed by atoms with Crippen LogP contribution in [0.4, 0.5) is 0 Å². The fourth-order valence-electron chi connectivity index (χ4n) is 0.377. The second-order valence-electron chi connectivity index (χ2n) is 1.83. The number of hydrogen-bond acceptors (Lipinski definition) is 2. The van der Waals surface area contributed by atoms with Crippen molar-refractivity contribution in [2.24, 2.45) is 0 Å². The number of halogens is 1. The molecule has 0 saturated heterocycles. The molecule has 0 N–H and O–H groups in total. The first-order chi connectivity index (χ1) is 4.31. The van der Waals surface area contributed by atoms with Gasteiger partial charge >= 0.3 is 0 Å². The molecular weight excluding hydrogens is 140 g/mol. The van der Waals surface area contributed by atoms with Gasteiger partial charge in [0, 0.05) is 13.0 Å². The third-order valence-electron chi connectivity index (χ3n) is 0.907. The highest BCUT2D eigenvalue weighted by molar-refractivity contribution is 6.18. The van der Waals surface area contributed by atoms with Crippen molar-refractivity contribution >= 4 is 11.6 Å². The Morgan fingerprint density at radius 1 is 1.44 bits per heavy atom. The Labute approximate surface area is 61.1 Å². The quantitative estimate of drug-likeness (QED) is 0.437. The van der Waals surface area contributed by atoms with E-state index < -0.39 is 0 Å². The van der Waals surface area contributed by atoms with E-state index >= 15 is 0 Å². The topological polar surface area (TPSA) is 18.5 Å². The van der Waals surface area contributed by atoms with Crippen LogP contribution in [-0.4, -0.2) is 32.3 Å². The van der Waals surface area contributed by atoms with Crippen molar-refractivity contribution < 1.29 is 9.47 Å². The molecule has 0 aromatic rings. The van der Waals surface area contributed by atoms with Gasteiger partial charge in [-0.2, -0.15) is 0 Å². The maximum atomic E-state index is 5.47. The fraction of sp³-hybridized carbons (Fsp3) is 1.00. The van der Waals surface area contributed by atoms with Crippen molar-refractivity contribution in [2.75, 3.05) is 26.2 Å². The van der Waals surface area contributed by atoms with Gasteiger partial charge in [-0.25, -0.2) is 0 Å². The SMILES string of the molecule is COCCOC(C)CCl. The van der Waals surface area contributed by atoms with Gasteiger partial charge in [0.25, 0.3) is 0 Å². The molecule has 3 heteroatoms. The van der Waals surface area contributed by atoms with Crippen molar-refractivity contribution in [3.8, 4) is 0 Å². The lowest BCUT2D eigenvalue weighted by Crippen LogP contribution is -2.13. The summed E-state index contributed by atoms with van der Waals surface area (Å²) in [7, 11) is 1.65. The molecule has 0 spiro atoms. The lowest BCUT2D eigenvalue weighted by Gasteiger charge is -2.07. The van der Waals surface area contributed by atoms with Crippen LogP contribution in [0, 0.1) is 0 Å². The fourth-order valence-corrected chi connectivity index (χ4v) is 0.466. The van der Waals surface area contributed by atoms with E-state index in [1.165, 1.54) is 0 Å². The molecule has 0 radical (unpaired) electrons. The van der Waals surface area contributed by atoms with Gasteiger partial charge in [-0.3, -0.25) is 0 Å². The molecular formula is C6H13ClO2. The molecule has 1 atom stereocenters. The Hall–Kier alpha value is 0.210. The van der Waals surface area contributed by atoms with Crippen LogP contribution in [0.3, 0.4) is 0 Å². The van der Waals surface area contributed by atoms with Crippen LogP contribution < -0.4 is 0 Å². The number of rotatable bonds is 5. The molecule has 0 aliphatic heterocycles. The average Bonchev–Trinajstić information content (AvgIpc) is 1.89. The van der Waals surface area contributed by atoms with Gasteiger partial charge < -0.3 is 9.47 Å². The average molecular weight is 153 g/mol. The Balaban J connectivity index is 2.88. The van der Waals surface area contributed by atoms with E-state index in [0.29, 0.717) is 19.1 Å². The minimum atomic E-state index is 0.141. The maximum absolute atomic E-state index is 5.47. The Morgan fingerprint density at radius 3 is 2.56 bits per heavy atom. The number of alkyl halides is 1. The molecule has 0 aromatic carbocycles. The number of methoxy groups -OCH3 is 1. The summed E-state index contributed by atoms with van der Waals surface area (Å²) < 4.78 is 9.94. The molecule has 56 valence electrons. The van der Waals surface area contributed by atoms with E-state index in [9.17, 15) is 0 Å². The standard InChI is InChI=1S/C6H13ClO2/c1-6(5-7)9-4-3-8-2/h6H,3-5H2,1-2H3. The number of ether oxygens (including phenoxy) is 2. The number of hydrogen-bond donors (Lipinski definition) is 0. The third-order valence-corrected chi connectivity index (χ3v) is 1.34. The molecule has 0 fully saturated rings. The molecule has 0 aliphatic carbocycles. The Morgan fingerprint density at radius 2 is 2.11 bits per heavy atom. The zero-order chi connectivity index (χ0) is 7.11. The van der Waals surface area contributed by atoms with Gasteiger partial charge in [0.2, 0.25) is 0 Å².